The largest absolute Gasteiger partial charge is 0.349 e. The van der Waals surface area contributed by atoms with Crippen molar-refractivity contribution in [2.45, 2.75) is 40.2 Å². The molecule has 0 aliphatic heterocycles. The third-order valence-corrected chi connectivity index (χ3v) is 3.24. The van der Waals surface area contributed by atoms with Gasteiger partial charge in [0.05, 0.1) is 18.3 Å². The first-order valence-electron chi connectivity index (χ1n) is 6.19. The van der Waals surface area contributed by atoms with Crippen LogP contribution < -0.4 is 5.32 Å². The SMILES string of the molecule is CCc1cccnc1CNC(=O)C(C)(C#N)CC. The second-order valence-electron chi connectivity index (χ2n) is 4.44. The van der Waals surface area contributed by atoms with E-state index < -0.39 is 5.41 Å². The number of nitrogens with one attached hydrogen (secondary N) is 1. The molecular formula is C14H19N3O. The van der Waals surface area contributed by atoms with E-state index >= 15 is 0 Å². The van der Waals surface area contributed by atoms with Gasteiger partial charge in [0.15, 0.2) is 0 Å². The monoisotopic (exact) mass is 245 g/mol. The minimum atomic E-state index is -0.957. The number of nitriles is 1. The van der Waals surface area contributed by atoms with E-state index in [0.29, 0.717) is 13.0 Å². The van der Waals surface area contributed by atoms with E-state index in [0.717, 1.165) is 17.7 Å². The van der Waals surface area contributed by atoms with Gasteiger partial charge in [-0.1, -0.05) is 19.9 Å². The minimum absolute atomic E-state index is 0.236. The van der Waals surface area contributed by atoms with E-state index in [2.05, 4.69) is 16.4 Å². The Morgan fingerprint density at radius 1 is 1.56 bits per heavy atom. The average Bonchev–Trinajstić information content (AvgIpc) is 2.43. The summed E-state index contributed by atoms with van der Waals surface area (Å²) in [6, 6.07) is 5.94. The molecule has 1 atom stereocenters. The van der Waals surface area contributed by atoms with Gasteiger partial charge in [0.25, 0.3) is 0 Å². The number of hydrogen-bond donors (Lipinski definition) is 1. The number of carbonyl (C=O) groups excluding carboxylic acids is 1. The number of rotatable bonds is 5. The van der Waals surface area contributed by atoms with Gasteiger partial charge in [-0.25, -0.2) is 0 Å². The predicted octanol–water partition coefficient (Wildman–Crippen LogP) is 2.20. The fourth-order valence-electron chi connectivity index (χ4n) is 1.60. The van der Waals surface area contributed by atoms with E-state index in [1.165, 1.54) is 0 Å². The third-order valence-electron chi connectivity index (χ3n) is 3.24. The number of aryl methyl sites for hydroxylation is 1. The van der Waals surface area contributed by atoms with Gasteiger partial charge in [0, 0.05) is 6.20 Å². The lowest BCUT2D eigenvalue weighted by atomic mass is 9.88. The van der Waals surface area contributed by atoms with E-state index in [1.807, 2.05) is 26.0 Å². The lowest BCUT2D eigenvalue weighted by molar-refractivity contribution is -0.127. The van der Waals surface area contributed by atoms with Crippen molar-refractivity contribution in [1.82, 2.24) is 10.3 Å². The lowest BCUT2D eigenvalue weighted by Crippen LogP contribution is -2.37. The molecule has 0 saturated heterocycles. The molecule has 1 rings (SSSR count). The van der Waals surface area contributed by atoms with Crippen LogP contribution in [0.25, 0.3) is 0 Å². The van der Waals surface area contributed by atoms with Crippen molar-refractivity contribution < 1.29 is 4.79 Å². The number of amides is 1. The molecule has 4 heteroatoms. The van der Waals surface area contributed by atoms with Gasteiger partial charge in [0.1, 0.15) is 5.41 Å². The molecule has 0 radical (unpaired) electrons. The molecule has 0 fully saturated rings. The molecule has 96 valence electrons. The Hall–Kier alpha value is -1.89. The zero-order chi connectivity index (χ0) is 13.6. The van der Waals surface area contributed by atoms with Gasteiger partial charge in [-0.05, 0) is 31.4 Å². The standard InChI is InChI=1S/C14H19N3O/c1-4-11-7-6-8-16-12(11)9-17-13(18)14(3,5-2)10-15/h6-8H,4-5,9H2,1-3H3,(H,17,18). The number of carbonyl (C=O) groups is 1. The fraction of sp³-hybridized carbons (Fsp3) is 0.500. The molecule has 0 aliphatic rings. The molecule has 0 aliphatic carbocycles. The van der Waals surface area contributed by atoms with Crippen LogP contribution >= 0.6 is 0 Å². The maximum Gasteiger partial charge on any atom is 0.240 e. The van der Waals surface area contributed by atoms with Gasteiger partial charge < -0.3 is 5.32 Å². The Balaban J connectivity index is 2.72. The zero-order valence-electron chi connectivity index (χ0n) is 11.2. The number of nitrogens with zero attached hydrogens (tertiary/aromatic N) is 2. The summed E-state index contributed by atoms with van der Waals surface area (Å²) in [7, 11) is 0. The maximum atomic E-state index is 11.9. The number of aromatic nitrogens is 1. The highest BCUT2D eigenvalue weighted by atomic mass is 16.2. The fourth-order valence-corrected chi connectivity index (χ4v) is 1.60. The topological polar surface area (TPSA) is 65.8 Å². The summed E-state index contributed by atoms with van der Waals surface area (Å²) >= 11 is 0. The van der Waals surface area contributed by atoms with Crippen molar-refractivity contribution in [2.24, 2.45) is 5.41 Å². The molecule has 1 unspecified atom stereocenters. The summed E-state index contributed by atoms with van der Waals surface area (Å²) in [6.07, 6.45) is 3.09. The first kappa shape index (κ1) is 14.2. The van der Waals surface area contributed by atoms with Crippen LogP contribution in [-0.4, -0.2) is 10.9 Å². The van der Waals surface area contributed by atoms with Crippen LogP contribution in [0.15, 0.2) is 18.3 Å². The molecule has 1 amide bonds. The normalized spacial score (nSPS) is 13.4. The number of pyridine rings is 1. The van der Waals surface area contributed by atoms with Gasteiger partial charge in [-0.15, -0.1) is 0 Å². The smallest absolute Gasteiger partial charge is 0.240 e. The molecule has 1 N–H and O–H groups in total. The molecule has 0 bridgehead atoms. The molecule has 0 aromatic carbocycles. The highest BCUT2D eigenvalue weighted by Gasteiger charge is 2.30. The van der Waals surface area contributed by atoms with Crippen LogP contribution in [0.1, 0.15) is 38.4 Å². The molecule has 4 nitrogen and oxygen atoms in total. The van der Waals surface area contributed by atoms with Crippen molar-refractivity contribution >= 4 is 5.91 Å². The molecule has 18 heavy (non-hydrogen) atoms. The Morgan fingerprint density at radius 3 is 2.83 bits per heavy atom. The summed E-state index contributed by atoms with van der Waals surface area (Å²) in [4.78, 5) is 16.2. The van der Waals surface area contributed by atoms with Crippen LogP contribution in [0.5, 0.6) is 0 Å². The first-order valence-corrected chi connectivity index (χ1v) is 6.19. The van der Waals surface area contributed by atoms with Crippen molar-refractivity contribution in [3.8, 4) is 6.07 Å². The van der Waals surface area contributed by atoms with E-state index in [4.69, 9.17) is 5.26 Å². The van der Waals surface area contributed by atoms with Crippen molar-refractivity contribution in [1.29, 1.82) is 5.26 Å². The lowest BCUT2D eigenvalue weighted by Gasteiger charge is -2.18. The predicted molar refractivity (Wildman–Crippen MR) is 69.5 cm³/mol. The first-order chi connectivity index (χ1) is 8.57. The summed E-state index contributed by atoms with van der Waals surface area (Å²) in [5.74, 6) is -0.236. The Morgan fingerprint density at radius 2 is 2.28 bits per heavy atom. The van der Waals surface area contributed by atoms with Gasteiger partial charge in [0.2, 0.25) is 5.91 Å². The molecule has 0 spiro atoms. The highest BCUT2D eigenvalue weighted by molar-refractivity contribution is 5.84. The maximum absolute atomic E-state index is 11.9. The quantitative estimate of drug-likeness (QED) is 0.864. The van der Waals surface area contributed by atoms with E-state index in [-0.39, 0.29) is 5.91 Å². The van der Waals surface area contributed by atoms with Gasteiger partial charge in [-0.3, -0.25) is 9.78 Å². The summed E-state index contributed by atoms with van der Waals surface area (Å²) in [5, 5.41) is 11.8. The van der Waals surface area contributed by atoms with Crippen molar-refractivity contribution in [3.05, 3.63) is 29.6 Å². The van der Waals surface area contributed by atoms with Crippen molar-refractivity contribution in [3.63, 3.8) is 0 Å². The van der Waals surface area contributed by atoms with E-state index in [1.54, 1.807) is 13.1 Å². The van der Waals surface area contributed by atoms with Crippen LogP contribution in [0.3, 0.4) is 0 Å². The molecule has 0 saturated carbocycles. The molecule has 1 aromatic heterocycles. The summed E-state index contributed by atoms with van der Waals surface area (Å²) in [6.45, 7) is 5.91. The second kappa shape index (κ2) is 6.15. The highest BCUT2D eigenvalue weighted by Crippen LogP contribution is 2.19. The minimum Gasteiger partial charge on any atom is -0.349 e. The Kier molecular flexibility index (Phi) is 4.85. The van der Waals surface area contributed by atoms with Crippen LogP contribution in [0.2, 0.25) is 0 Å². The summed E-state index contributed by atoms with van der Waals surface area (Å²) < 4.78 is 0. The Bertz CT molecular complexity index is 464. The van der Waals surface area contributed by atoms with Crippen LogP contribution in [0.4, 0.5) is 0 Å². The molecule has 1 heterocycles. The van der Waals surface area contributed by atoms with Crippen LogP contribution in [0, 0.1) is 16.7 Å². The molecular weight excluding hydrogens is 226 g/mol. The second-order valence-corrected chi connectivity index (χ2v) is 4.44. The van der Waals surface area contributed by atoms with Crippen LogP contribution in [-0.2, 0) is 17.8 Å². The van der Waals surface area contributed by atoms with E-state index in [9.17, 15) is 4.79 Å². The Labute approximate surface area is 108 Å². The van der Waals surface area contributed by atoms with Crippen molar-refractivity contribution in [2.75, 3.05) is 0 Å². The third kappa shape index (κ3) is 3.07. The van der Waals surface area contributed by atoms with Gasteiger partial charge in [-0.2, -0.15) is 5.26 Å². The average molecular weight is 245 g/mol. The number of hydrogen-bond acceptors (Lipinski definition) is 3. The van der Waals surface area contributed by atoms with Gasteiger partial charge >= 0.3 is 0 Å². The summed E-state index contributed by atoms with van der Waals surface area (Å²) in [5.41, 5.74) is 1.03. The zero-order valence-corrected chi connectivity index (χ0v) is 11.2. The molecule has 1 aromatic rings.